The fourth-order valence-electron chi connectivity index (χ4n) is 4.51. The van der Waals surface area contributed by atoms with Gasteiger partial charge >= 0.3 is 0 Å². The lowest BCUT2D eigenvalue weighted by Crippen LogP contribution is -2.58. The largest absolute Gasteiger partial charge is 0.460 e. The van der Waals surface area contributed by atoms with Gasteiger partial charge in [0.1, 0.15) is 5.52 Å². The van der Waals surface area contributed by atoms with Crippen molar-refractivity contribution in [3.8, 4) is 5.75 Å². The van der Waals surface area contributed by atoms with E-state index in [9.17, 15) is 0 Å². The molecule has 2 aliphatic heterocycles. The maximum Gasteiger partial charge on any atom is 0.211 e. The number of likely N-dealkylation sites (N-methyl/N-ethyl adjacent to an activating group) is 1. The van der Waals surface area contributed by atoms with E-state index >= 15 is 0 Å². The second kappa shape index (κ2) is 4.88. The maximum atomic E-state index is 6.84. The summed E-state index contributed by atoms with van der Waals surface area (Å²) in [6.07, 6.45) is 4.39. The molecule has 0 saturated carbocycles. The monoisotopic (exact) mass is 342 g/mol. The van der Waals surface area contributed by atoms with E-state index in [2.05, 4.69) is 80.4 Å². The van der Waals surface area contributed by atoms with Crippen LogP contribution in [-0.4, -0.2) is 17.8 Å². The molecule has 0 radical (unpaired) electrons. The van der Waals surface area contributed by atoms with Crippen LogP contribution in [0.1, 0.15) is 30.7 Å². The summed E-state index contributed by atoms with van der Waals surface area (Å²) in [7, 11) is 2.12. The van der Waals surface area contributed by atoms with Crippen molar-refractivity contribution in [2.45, 2.75) is 31.9 Å². The number of aromatic nitrogens is 1. The van der Waals surface area contributed by atoms with E-state index in [-0.39, 0.29) is 5.41 Å². The standard InChI is InChI=1S/C23H22N2O/c1-15-9-10-16-11-12-17-13-14-23(26-21(17)20(16)24-15)22(2,3)18-7-5-6-8-19(18)25(23)4/h5-14H,1-4H3. The molecule has 2 aliphatic rings. The summed E-state index contributed by atoms with van der Waals surface area (Å²) in [5.74, 6) is 0.876. The summed E-state index contributed by atoms with van der Waals surface area (Å²) in [6, 6.07) is 17.0. The molecule has 3 heteroatoms. The number of ether oxygens (including phenoxy) is 1. The zero-order valence-electron chi connectivity index (χ0n) is 15.6. The van der Waals surface area contributed by atoms with Gasteiger partial charge in [-0.25, -0.2) is 4.98 Å². The minimum Gasteiger partial charge on any atom is -0.460 e. The van der Waals surface area contributed by atoms with Gasteiger partial charge < -0.3 is 9.64 Å². The normalized spacial score (nSPS) is 22.4. The molecule has 0 amide bonds. The Labute approximate surface area is 153 Å². The molecule has 3 aromatic rings. The summed E-state index contributed by atoms with van der Waals surface area (Å²) >= 11 is 0. The number of hydrogen-bond acceptors (Lipinski definition) is 3. The van der Waals surface area contributed by atoms with Crippen molar-refractivity contribution in [3.05, 3.63) is 71.4 Å². The van der Waals surface area contributed by atoms with Crippen molar-refractivity contribution in [2.75, 3.05) is 11.9 Å². The molecule has 0 N–H and O–H groups in total. The topological polar surface area (TPSA) is 25.4 Å². The van der Waals surface area contributed by atoms with Crippen molar-refractivity contribution >= 4 is 22.7 Å². The first-order chi connectivity index (χ1) is 12.4. The lowest BCUT2D eigenvalue weighted by Gasteiger charge is -2.45. The molecule has 1 spiro atoms. The molecule has 0 saturated heterocycles. The van der Waals surface area contributed by atoms with Gasteiger partial charge in [0.25, 0.3) is 0 Å². The Balaban J connectivity index is 1.75. The fourth-order valence-corrected chi connectivity index (χ4v) is 4.51. The van der Waals surface area contributed by atoms with E-state index in [1.807, 2.05) is 13.0 Å². The minimum atomic E-state index is -0.566. The van der Waals surface area contributed by atoms with Crippen molar-refractivity contribution in [2.24, 2.45) is 0 Å². The molecule has 5 rings (SSSR count). The zero-order chi connectivity index (χ0) is 18.1. The van der Waals surface area contributed by atoms with Crippen molar-refractivity contribution in [1.29, 1.82) is 0 Å². The summed E-state index contributed by atoms with van der Waals surface area (Å²) < 4.78 is 6.84. The first-order valence-corrected chi connectivity index (χ1v) is 9.06. The van der Waals surface area contributed by atoms with Crippen LogP contribution in [0.3, 0.4) is 0 Å². The average Bonchev–Trinajstić information content (AvgIpc) is 2.81. The highest BCUT2D eigenvalue weighted by Crippen LogP contribution is 2.54. The van der Waals surface area contributed by atoms with Crippen LogP contribution in [0.2, 0.25) is 0 Å². The molecule has 1 atom stereocenters. The highest BCUT2D eigenvalue weighted by atomic mass is 16.5. The van der Waals surface area contributed by atoms with E-state index in [4.69, 9.17) is 9.72 Å². The van der Waals surface area contributed by atoms with Gasteiger partial charge in [-0.3, -0.25) is 0 Å². The van der Waals surface area contributed by atoms with Crippen LogP contribution < -0.4 is 9.64 Å². The van der Waals surface area contributed by atoms with E-state index in [1.165, 1.54) is 11.3 Å². The Morgan fingerprint density at radius 1 is 1.00 bits per heavy atom. The number of para-hydroxylation sites is 1. The van der Waals surface area contributed by atoms with Gasteiger partial charge in [-0.1, -0.05) is 36.4 Å². The SMILES string of the molecule is Cc1ccc2ccc3c(c2n1)OC1(C=C3)N(C)c2ccccc2C1(C)C. The number of rotatable bonds is 0. The number of nitrogens with zero attached hydrogens (tertiary/aromatic N) is 2. The van der Waals surface area contributed by atoms with Gasteiger partial charge in [0.2, 0.25) is 5.72 Å². The Hall–Kier alpha value is -2.81. The second-order valence-electron chi connectivity index (χ2n) is 7.84. The Morgan fingerprint density at radius 3 is 2.58 bits per heavy atom. The Morgan fingerprint density at radius 2 is 1.77 bits per heavy atom. The third-order valence-electron chi connectivity index (χ3n) is 6.06. The first-order valence-electron chi connectivity index (χ1n) is 9.06. The zero-order valence-corrected chi connectivity index (χ0v) is 15.6. The quantitative estimate of drug-likeness (QED) is 0.570. The number of fused-ring (bicyclic) bond motifs is 4. The molecule has 3 heterocycles. The van der Waals surface area contributed by atoms with Gasteiger partial charge in [0, 0.05) is 29.4 Å². The maximum absolute atomic E-state index is 6.84. The predicted octanol–water partition coefficient (Wildman–Crippen LogP) is 5.07. The number of aryl methyl sites for hydroxylation is 1. The van der Waals surface area contributed by atoms with Crippen molar-refractivity contribution < 1.29 is 4.74 Å². The highest BCUT2D eigenvalue weighted by molar-refractivity contribution is 5.90. The first kappa shape index (κ1) is 15.4. The lowest BCUT2D eigenvalue weighted by atomic mass is 9.76. The molecule has 0 bridgehead atoms. The lowest BCUT2D eigenvalue weighted by molar-refractivity contribution is 0.0596. The van der Waals surface area contributed by atoms with Gasteiger partial charge in [-0.05, 0) is 50.6 Å². The Bertz CT molecular complexity index is 1080. The molecule has 1 unspecified atom stereocenters. The van der Waals surface area contributed by atoms with Gasteiger partial charge in [0.15, 0.2) is 5.75 Å². The predicted molar refractivity (Wildman–Crippen MR) is 107 cm³/mol. The molecule has 3 nitrogen and oxygen atoms in total. The molecule has 2 aromatic carbocycles. The molecular formula is C23H22N2O. The van der Waals surface area contributed by atoms with Crippen molar-refractivity contribution in [3.63, 3.8) is 0 Å². The fraction of sp³-hybridized carbons (Fsp3) is 0.261. The van der Waals surface area contributed by atoms with Crippen LogP contribution in [0.15, 0.2) is 54.6 Å². The molecule has 0 aliphatic carbocycles. The summed E-state index contributed by atoms with van der Waals surface area (Å²) in [4.78, 5) is 7.05. The third-order valence-corrected chi connectivity index (χ3v) is 6.06. The molecule has 0 fully saturated rings. The highest BCUT2D eigenvalue weighted by Gasteiger charge is 2.57. The smallest absolute Gasteiger partial charge is 0.211 e. The van der Waals surface area contributed by atoms with Gasteiger partial charge in [0.05, 0.1) is 5.41 Å². The number of anilines is 1. The molecule has 130 valence electrons. The number of benzene rings is 2. The molecule has 26 heavy (non-hydrogen) atoms. The Kier molecular flexibility index (Phi) is 2.90. The van der Waals surface area contributed by atoms with Crippen molar-refractivity contribution in [1.82, 2.24) is 4.98 Å². The van der Waals surface area contributed by atoms with Crippen LogP contribution in [0.4, 0.5) is 5.69 Å². The summed E-state index contributed by atoms with van der Waals surface area (Å²) in [6.45, 7) is 6.54. The number of pyridine rings is 1. The van der Waals surface area contributed by atoms with E-state index in [1.54, 1.807) is 0 Å². The summed E-state index contributed by atoms with van der Waals surface area (Å²) in [5.41, 5.74) is 4.78. The second-order valence-corrected chi connectivity index (χ2v) is 7.84. The van der Waals surface area contributed by atoms with Crippen LogP contribution in [0.5, 0.6) is 5.75 Å². The average molecular weight is 342 g/mol. The molecular weight excluding hydrogens is 320 g/mol. The van der Waals surface area contributed by atoms with Gasteiger partial charge in [-0.2, -0.15) is 0 Å². The summed E-state index contributed by atoms with van der Waals surface area (Å²) in [5, 5.41) is 1.11. The van der Waals surface area contributed by atoms with E-state index < -0.39 is 5.72 Å². The number of hydrogen-bond donors (Lipinski definition) is 0. The minimum absolute atomic E-state index is 0.196. The van der Waals surface area contributed by atoms with Crippen LogP contribution in [-0.2, 0) is 5.41 Å². The molecule has 1 aromatic heterocycles. The van der Waals surface area contributed by atoms with Crippen LogP contribution >= 0.6 is 0 Å². The van der Waals surface area contributed by atoms with E-state index in [0.717, 1.165) is 27.9 Å². The van der Waals surface area contributed by atoms with Crippen LogP contribution in [0.25, 0.3) is 17.0 Å². The van der Waals surface area contributed by atoms with E-state index in [0.29, 0.717) is 0 Å². The third kappa shape index (κ3) is 1.75. The van der Waals surface area contributed by atoms with Gasteiger partial charge in [-0.15, -0.1) is 0 Å². The van der Waals surface area contributed by atoms with Crippen LogP contribution in [0, 0.1) is 6.92 Å².